The Morgan fingerprint density at radius 1 is 0.875 bits per heavy atom. The van der Waals surface area contributed by atoms with E-state index in [2.05, 4.69) is 11.1 Å². The molecular weight excluding hydrogens is 391 g/mol. The molecule has 0 unspecified atom stereocenters. The van der Waals surface area contributed by atoms with Crippen LogP contribution in [0.3, 0.4) is 0 Å². The third kappa shape index (κ3) is 49.6. The number of hydrogen-bond donors (Lipinski definition) is 3. The first-order chi connectivity index (χ1) is 9.79. The van der Waals surface area contributed by atoms with Gasteiger partial charge in [-0.3, -0.25) is 9.01 Å². The summed E-state index contributed by atoms with van der Waals surface area (Å²) in [6.45, 7) is 2.31. The van der Waals surface area contributed by atoms with E-state index in [0.717, 1.165) is 12.8 Å². The van der Waals surface area contributed by atoms with Crippen molar-refractivity contribution in [1.29, 1.82) is 0 Å². The van der Waals surface area contributed by atoms with Crippen LogP contribution in [0.1, 0.15) is 71.1 Å². The molecule has 140 valence electrons. The predicted octanol–water partition coefficient (Wildman–Crippen LogP) is -0.636. The fourth-order valence-corrected chi connectivity index (χ4v) is 2.08. The molecule has 0 heterocycles. The normalized spacial score (nSPS) is 9.42. The molecule has 0 aromatic carbocycles. The average Bonchev–Trinajstić information content (AvgIpc) is 2.34. The second kappa shape index (κ2) is 27.0. The molecule has 0 aliphatic carbocycles. The Hall–Kier alpha value is 1.79. The summed E-state index contributed by atoms with van der Waals surface area (Å²) >= 11 is 0. The van der Waals surface area contributed by atoms with Crippen molar-refractivity contribution in [2.75, 3.05) is 6.61 Å². The zero-order valence-electron chi connectivity index (χ0n) is 12.7. The number of rotatable bonds is 12. The summed E-state index contributed by atoms with van der Waals surface area (Å²) in [5.41, 5.74) is 0. The van der Waals surface area contributed by atoms with Gasteiger partial charge in [-0.05, 0) is 6.42 Å². The SMILES string of the molecule is CCCCCCCCCCCCOS(=O)(=O)O.O=[Si](O)O.[AlH3].[MgH2].[NaH]. The zero-order valence-corrected chi connectivity index (χ0v) is 14.5. The van der Waals surface area contributed by atoms with E-state index in [1.807, 2.05) is 0 Å². The number of unbranched alkanes of at least 4 members (excludes halogenated alkanes) is 9. The maximum absolute atomic E-state index is 10.2. The van der Waals surface area contributed by atoms with Crippen molar-refractivity contribution in [2.45, 2.75) is 71.1 Å². The van der Waals surface area contributed by atoms with Gasteiger partial charge < -0.3 is 9.59 Å². The van der Waals surface area contributed by atoms with Gasteiger partial charge in [-0.2, -0.15) is 8.42 Å². The first-order valence-electron chi connectivity index (χ1n) is 7.33. The summed E-state index contributed by atoms with van der Waals surface area (Å²) in [6.07, 6.45) is 11.9. The molecule has 0 amide bonds. The van der Waals surface area contributed by atoms with Crippen molar-refractivity contribution in [2.24, 2.45) is 0 Å². The van der Waals surface area contributed by atoms with Crippen molar-refractivity contribution in [3.05, 3.63) is 0 Å². The van der Waals surface area contributed by atoms with E-state index < -0.39 is 19.6 Å². The summed E-state index contributed by atoms with van der Waals surface area (Å²) in [4.78, 5) is 14.3. The molecule has 0 rings (SSSR count). The Bertz CT molecular complexity index is 346. The molecule has 0 atom stereocenters. The van der Waals surface area contributed by atoms with Crippen LogP contribution in [0, 0.1) is 0 Å². The monoisotopic (exact) mass is 424 g/mol. The third-order valence-electron chi connectivity index (χ3n) is 2.73. The van der Waals surface area contributed by atoms with Crippen LogP contribution >= 0.6 is 0 Å². The van der Waals surface area contributed by atoms with Gasteiger partial charge in [0, 0.05) is 0 Å². The maximum atomic E-state index is 10.2. The molecule has 12 heteroatoms. The van der Waals surface area contributed by atoms with Crippen LogP contribution in [0.25, 0.3) is 0 Å². The Morgan fingerprint density at radius 2 is 1.17 bits per heavy atom. The Labute approximate surface area is 196 Å². The van der Waals surface area contributed by atoms with Crippen LogP contribution < -0.4 is 0 Å². The van der Waals surface area contributed by atoms with Crippen LogP contribution in [-0.4, -0.2) is 108 Å². The van der Waals surface area contributed by atoms with Crippen LogP contribution in [0.2, 0.25) is 0 Å². The van der Waals surface area contributed by atoms with Crippen molar-refractivity contribution in [3.63, 3.8) is 0 Å². The van der Waals surface area contributed by atoms with E-state index in [1.54, 1.807) is 0 Å². The van der Waals surface area contributed by atoms with Gasteiger partial charge in [0.25, 0.3) is 0 Å². The molecule has 3 N–H and O–H groups in total. The van der Waals surface area contributed by atoms with Gasteiger partial charge in [0.15, 0.2) is 17.4 Å². The van der Waals surface area contributed by atoms with Crippen LogP contribution in [0.15, 0.2) is 0 Å². The minimum absolute atomic E-state index is 0. The molecule has 0 radical (unpaired) electrons. The summed E-state index contributed by atoms with van der Waals surface area (Å²) in [5, 5.41) is 0. The minimum atomic E-state index is -4.23. The second-order valence-electron chi connectivity index (χ2n) is 4.71. The van der Waals surface area contributed by atoms with Crippen LogP contribution in [0.5, 0.6) is 0 Å². The molecule has 0 aliphatic rings. The molecule has 7 nitrogen and oxygen atoms in total. The first-order valence-corrected chi connectivity index (χ1v) is 10.00. The summed E-state index contributed by atoms with van der Waals surface area (Å²) in [6, 6.07) is 0. The van der Waals surface area contributed by atoms with Gasteiger partial charge in [0.05, 0.1) is 6.61 Å². The van der Waals surface area contributed by atoms with E-state index in [-0.39, 0.29) is 76.6 Å². The Balaban J connectivity index is -0.000000154. The average molecular weight is 425 g/mol. The van der Waals surface area contributed by atoms with Gasteiger partial charge >= 0.3 is 72.2 Å². The summed E-state index contributed by atoms with van der Waals surface area (Å²) < 4.78 is 41.7. The quantitative estimate of drug-likeness (QED) is 0.216. The molecule has 0 saturated heterocycles. The predicted molar refractivity (Wildman–Crippen MR) is 106 cm³/mol. The topological polar surface area (TPSA) is 121 Å². The van der Waals surface area contributed by atoms with E-state index in [4.69, 9.17) is 18.6 Å². The van der Waals surface area contributed by atoms with Crippen LogP contribution in [-0.2, 0) is 19.0 Å². The molecule has 0 aromatic heterocycles. The third-order valence-corrected chi connectivity index (χ3v) is 3.19. The molecule has 0 spiro atoms. The van der Waals surface area contributed by atoms with Gasteiger partial charge in [-0.1, -0.05) is 64.7 Å². The second-order valence-corrected chi connectivity index (χ2v) is 6.37. The summed E-state index contributed by atoms with van der Waals surface area (Å²) in [7, 11) is -7.36. The van der Waals surface area contributed by atoms with Gasteiger partial charge in [-0.25, -0.2) is 4.18 Å². The molecule has 0 aliphatic heterocycles. The Morgan fingerprint density at radius 3 is 1.46 bits per heavy atom. The molecule has 0 fully saturated rings. The fraction of sp³-hybridized carbons (Fsp3) is 1.00. The molecule has 0 saturated carbocycles. The van der Waals surface area contributed by atoms with Crippen molar-refractivity contribution < 1.29 is 31.2 Å². The fourth-order valence-electron chi connectivity index (χ4n) is 1.75. The van der Waals surface area contributed by atoms with Gasteiger partial charge in [-0.15, -0.1) is 0 Å². The zero-order chi connectivity index (χ0) is 16.6. The molecule has 0 bridgehead atoms. The van der Waals surface area contributed by atoms with Crippen molar-refractivity contribution in [1.82, 2.24) is 0 Å². The van der Waals surface area contributed by atoms with E-state index in [1.165, 1.54) is 44.9 Å². The van der Waals surface area contributed by atoms with E-state index in [9.17, 15) is 8.42 Å². The summed E-state index contributed by atoms with van der Waals surface area (Å²) in [5.74, 6) is 0. The van der Waals surface area contributed by atoms with Gasteiger partial charge in [0.1, 0.15) is 0 Å². The first kappa shape index (κ1) is 36.7. The molecular formula is C12H34AlMgNaO7SSi. The molecule has 24 heavy (non-hydrogen) atoms. The Kier molecular flexibility index (Phi) is 41.3. The van der Waals surface area contributed by atoms with E-state index in [0.29, 0.717) is 6.42 Å². The van der Waals surface area contributed by atoms with Crippen molar-refractivity contribution >= 4 is 89.5 Å². The molecule has 0 aromatic rings. The van der Waals surface area contributed by atoms with E-state index >= 15 is 0 Å². The number of hydrogen-bond acceptors (Lipinski definition) is 4. The van der Waals surface area contributed by atoms with Gasteiger partial charge in [0.2, 0.25) is 0 Å². The van der Waals surface area contributed by atoms with Crippen LogP contribution in [0.4, 0.5) is 0 Å². The van der Waals surface area contributed by atoms with Crippen molar-refractivity contribution in [3.8, 4) is 0 Å². The standard InChI is InChI=1S/C12H26O4S.Al.Mg.Na.H2O3Si.6H/c1-2-3-4-5-6-7-8-9-10-11-12-16-17(13,14)15;;;;1-4(2)3;;;;;;/h2-12H2,1H3,(H,13,14,15);;;;1-2H;;;;;;.